The Morgan fingerprint density at radius 3 is 1.08 bits per heavy atom. The third kappa shape index (κ3) is 38.6. The smallest absolute Gasteiger partial charge is 0.269 e. The minimum atomic E-state index is -1.78. The second-order valence-corrected chi connectivity index (χ2v) is 27.6. The van der Waals surface area contributed by atoms with Gasteiger partial charge in [-0.3, -0.25) is 33.6 Å². The van der Waals surface area contributed by atoms with Crippen molar-refractivity contribution in [2.75, 3.05) is 85.6 Å². The zero-order valence-corrected chi connectivity index (χ0v) is 62.9. The number of unbranched alkanes of at least 4 members (excludes halogenated alkanes) is 14. The Labute approximate surface area is 639 Å². The first kappa shape index (κ1) is 98.8. The van der Waals surface area contributed by atoms with Crippen molar-refractivity contribution < 1.29 is 153 Å². The van der Waals surface area contributed by atoms with Gasteiger partial charge in [0.2, 0.25) is 41.4 Å². The van der Waals surface area contributed by atoms with Crippen molar-refractivity contribution >= 4 is 41.4 Å². The minimum Gasteiger partial charge on any atom is -0.394 e. The number of amides is 7. The molecule has 3 fully saturated rings. The number of hydrogen-bond donors (Lipinski definition) is 23. The van der Waals surface area contributed by atoms with E-state index in [0.717, 1.165) is 0 Å². The number of aliphatic hydroxyl groups is 16. The van der Waals surface area contributed by atoms with E-state index in [-0.39, 0.29) is 91.3 Å². The molecule has 7 amide bonds. The summed E-state index contributed by atoms with van der Waals surface area (Å²) in [4.78, 5) is 98.8. The largest absolute Gasteiger partial charge is 0.394 e. The number of nitrogens with zero attached hydrogens (tertiary/aromatic N) is 3. The summed E-state index contributed by atoms with van der Waals surface area (Å²) in [6.07, 6.45) is -17.7. The fourth-order valence-electron chi connectivity index (χ4n) is 11.9. The lowest BCUT2D eigenvalue weighted by Gasteiger charge is -2.39. The summed E-state index contributed by atoms with van der Waals surface area (Å²) >= 11 is 0. The molecule has 3 rings (SSSR count). The Hall–Kier alpha value is -5.36. The third-order valence-corrected chi connectivity index (χ3v) is 18.7. The summed E-state index contributed by atoms with van der Waals surface area (Å²) in [5.41, 5.74) is 8.63. The maximum atomic E-state index is 14.1. The van der Waals surface area contributed by atoms with Crippen LogP contribution in [0.1, 0.15) is 174 Å². The van der Waals surface area contributed by atoms with Gasteiger partial charge >= 0.3 is 0 Å². The number of ether oxygens (including phenoxy) is 8. The lowest BCUT2D eigenvalue weighted by Crippen LogP contribution is -2.59. The standard InChI is InChI=1S/C69H126N10O31/c1-41(84)53(89)45(37-80)110-69(102)106-36-20-9-2-12-28-71-49(85)25-22-42(63(99)72-29-13-3-6-17-33-103-66-60(96)57(93)54(90)46(38-81)107-66)77-51(87)27-24-44(65(101)74-31-15-5-8-19-35-105-68-62(98)59(95)56(92)48(40-83)109-68)78-52(88)26-23-43(76-50(86)21-11-10-16-32-75-79-70)64(100)73-30-14-4-7-18-34-104-67-61(97)58(94)55(91)47(39-82)108-67/h41-48,53-62,66-69,80-84,89-98,102H,2-40H2,1H3,(H,71,85)(H,72,99)(H,73,100)(H,74,101)(H,76,86)(H,77,87)(H,78,88)/t41?,42?,43?,44?,45-,46-,47-,48-,53+,54-,55-,56-,57?,58?,59?,60?,61?,62?,66+,67+,68+,69+/m1/s1. The van der Waals surface area contributed by atoms with Crippen LogP contribution in [0.15, 0.2) is 5.11 Å². The highest BCUT2D eigenvalue weighted by atomic mass is 16.8. The van der Waals surface area contributed by atoms with Crippen LogP contribution in [0.25, 0.3) is 10.4 Å². The molecule has 41 heteroatoms. The van der Waals surface area contributed by atoms with Gasteiger partial charge in [0.05, 0.1) is 39.1 Å². The Balaban J connectivity index is 1.70. The second-order valence-electron chi connectivity index (χ2n) is 27.6. The van der Waals surface area contributed by atoms with Gasteiger partial charge in [0, 0.05) is 83.1 Å². The van der Waals surface area contributed by atoms with Crippen LogP contribution in [0.4, 0.5) is 0 Å². The monoisotopic (exact) mass is 1590 g/mol. The van der Waals surface area contributed by atoms with Gasteiger partial charge in [0.1, 0.15) is 104 Å². The average molecular weight is 1590 g/mol. The topological polar surface area (TPSA) is 650 Å². The van der Waals surface area contributed by atoms with Gasteiger partial charge in [-0.1, -0.05) is 62.9 Å². The van der Waals surface area contributed by atoms with Crippen LogP contribution in [0.5, 0.6) is 0 Å². The maximum absolute atomic E-state index is 14.1. The van der Waals surface area contributed by atoms with Crippen LogP contribution in [0.2, 0.25) is 0 Å². The number of carbonyl (C=O) groups is 7. The predicted molar refractivity (Wildman–Crippen MR) is 383 cm³/mol. The zero-order valence-electron chi connectivity index (χ0n) is 62.9. The molecule has 0 bridgehead atoms. The van der Waals surface area contributed by atoms with Gasteiger partial charge in [0.25, 0.3) is 6.48 Å². The molecule has 3 saturated heterocycles. The molecule has 0 aromatic rings. The molecule has 23 N–H and O–H groups in total. The van der Waals surface area contributed by atoms with Gasteiger partial charge in [-0.05, 0) is 95.9 Å². The number of aliphatic hydroxyl groups excluding tert-OH is 16. The first-order valence-electron chi connectivity index (χ1n) is 38.4. The number of azide groups is 1. The molecule has 0 radical (unpaired) electrons. The Morgan fingerprint density at radius 2 is 0.736 bits per heavy atom. The SMILES string of the molecule is CC(O)[C@H](O)[C@@H](CO)O[C@@H](O)OCCCCCCNC(=O)CCC(NC(=O)CCC(NC(=O)CCC(NC(=O)CCCCCN=[N+]=[N-])C(=O)NCCCCCCO[C@H]1O[C@H](CO)[C@@H](O)C(O)C1O)C(=O)NCCCCCCO[C@H]1O[C@H](CO)[C@@H](O)C(O)C1O)C(=O)NCCCCCCO[C@H]1O[C@H](CO)[C@@H](O)C(O)C1O. The van der Waals surface area contributed by atoms with Crippen LogP contribution in [-0.2, 0) is 71.5 Å². The van der Waals surface area contributed by atoms with Crippen LogP contribution >= 0.6 is 0 Å². The molecule has 3 heterocycles. The van der Waals surface area contributed by atoms with E-state index >= 15 is 0 Å². The van der Waals surface area contributed by atoms with Crippen molar-refractivity contribution in [2.45, 2.75) is 309 Å². The van der Waals surface area contributed by atoms with Crippen molar-refractivity contribution in [3.05, 3.63) is 10.4 Å². The van der Waals surface area contributed by atoms with Gasteiger partial charge in [-0.2, -0.15) is 0 Å². The van der Waals surface area contributed by atoms with Crippen molar-refractivity contribution in [1.29, 1.82) is 0 Å². The van der Waals surface area contributed by atoms with E-state index in [1.807, 2.05) is 0 Å². The van der Waals surface area contributed by atoms with Gasteiger partial charge in [-0.15, -0.1) is 0 Å². The van der Waals surface area contributed by atoms with Crippen molar-refractivity contribution in [1.82, 2.24) is 37.2 Å². The van der Waals surface area contributed by atoms with Gasteiger partial charge in [0.15, 0.2) is 18.9 Å². The molecule has 22 atom stereocenters. The van der Waals surface area contributed by atoms with Crippen molar-refractivity contribution in [3.63, 3.8) is 0 Å². The van der Waals surface area contributed by atoms with Crippen molar-refractivity contribution in [3.8, 4) is 0 Å². The van der Waals surface area contributed by atoms with Gasteiger partial charge in [-0.25, -0.2) is 0 Å². The minimum absolute atomic E-state index is 0.00749. The number of nitrogens with one attached hydrogen (secondary N) is 7. The molecule has 0 aliphatic carbocycles. The summed E-state index contributed by atoms with van der Waals surface area (Å²) in [6, 6.07) is -3.91. The van der Waals surface area contributed by atoms with Crippen LogP contribution in [-0.4, -0.2) is 344 Å². The molecule has 0 saturated carbocycles. The molecule has 110 heavy (non-hydrogen) atoms. The number of hydrogen-bond acceptors (Lipinski definition) is 32. The quantitative estimate of drug-likeness (QED) is 0.00887. The third-order valence-electron chi connectivity index (χ3n) is 18.7. The highest BCUT2D eigenvalue weighted by Gasteiger charge is 2.46. The molecule has 638 valence electrons. The molecule has 0 aromatic carbocycles. The summed E-state index contributed by atoms with van der Waals surface area (Å²) in [5, 5.41) is 181. The number of rotatable bonds is 61. The molecule has 0 spiro atoms. The Kier molecular flexibility index (Phi) is 51.8. The molecule has 10 unspecified atom stereocenters. The zero-order chi connectivity index (χ0) is 81.3. The molecule has 3 aliphatic heterocycles. The first-order chi connectivity index (χ1) is 52.7. The lowest BCUT2D eigenvalue weighted by atomic mass is 9.99. The van der Waals surface area contributed by atoms with E-state index < -0.39 is 216 Å². The highest BCUT2D eigenvalue weighted by Crippen LogP contribution is 2.26. The average Bonchev–Trinajstić information content (AvgIpc) is 0.830. The Bertz CT molecular complexity index is 2610. The summed E-state index contributed by atoms with van der Waals surface area (Å²) in [6.45, 7) is -1.95. The van der Waals surface area contributed by atoms with Crippen LogP contribution in [0.3, 0.4) is 0 Å². The van der Waals surface area contributed by atoms with E-state index in [1.165, 1.54) is 6.92 Å². The Morgan fingerprint density at radius 1 is 0.409 bits per heavy atom. The molecule has 0 aromatic heterocycles. The maximum Gasteiger partial charge on any atom is 0.269 e. The fourth-order valence-corrected chi connectivity index (χ4v) is 11.9. The van der Waals surface area contributed by atoms with Gasteiger partial charge < -0.3 is 157 Å². The van der Waals surface area contributed by atoms with Crippen LogP contribution in [0, 0.1) is 0 Å². The first-order valence-corrected chi connectivity index (χ1v) is 38.4. The van der Waals surface area contributed by atoms with E-state index in [1.54, 1.807) is 0 Å². The molecular weight excluding hydrogens is 1460 g/mol. The molecule has 41 nitrogen and oxygen atoms in total. The van der Waals surface area contributed by atoms with Crippen LogP contribution < -0.4 is 37.2 Å². The summed E-state index contributed by atoms with van der Waals surface area (Å²) < 4.78 is 43.1. The second kappa shape index (κ2) is 57.6. The lowest BCUT2D eigenvalue weighted by molar-refractivity contribution is -0.301. The fraction of sp³-hybridized carbons (Fsp3) is 0.899. The van der Waals surface area contributed by atoms with Crippen molar-refractivity contribution in [2.24, 2.45) is 5.11 Å². The normalized spacial score (nSPS) is 26.0. The molecular formula is C69H126N10O31. The van der Waals surface area contributed by atoms with E-state index in [2.05, 4.69) is 47.2 Å². The summed E-state index contributed by atoms with van der Waals surface area (Å²) in [7, 11) is 0. The predicted octanol–water partition coefficient (Wildman–Crippen LogP) is -5.78. The number of carbonyl (C=O) groups excluding carboxylic acids is 7. The van der Waals surface area contributed by atoms with E-state index in [4.69, 9.17) is 43.4 Å². The summed E-state index contributed by atoms with van der Waals surface area (Å²) in [5.74, 6) is -4.40. The molecule has 3 aliphatic rings. The van der Waals surface area contributed by atoms with E-state index in [9.17, 15) is 115 Å². The van der Waals surface area contributed by atoms with E-state index in [0.29, 0.717) is 122 Å². The highest BCUT2D eigenvalue weighted by molar-refractivity contribution is 5.91.